The maximum absolute atomic E-state index is 12.7. The Balaban J connectivity index is 2.29. The van der Waals surface area contributed by atoms with Gasteiger partial charge in [-0.25, -0.2) is 4.79 Å². The predicted octanol–water partition coefficient (Wildman–Crippen LogP) is 1.63. The summed E-state index contributed by atoms with van der Waals surface area (Å²) in [6, 6.07) is 9.24. The maximum Gasteiger partial charge on any atom is 0.338 e. The Kier molecular flexibility index (Phi) is 7.78. The fourth-order valence-corrected chi connectivity index (χ4v) is 2.56. The predicted molar refractivity (Wildman–Crippen MR) is 110 cm³/mol. The molecule has 11 nitrogen and oxygen atoms in total. The number of hydrogen-bond donors (Lipinski definition) is 3. The number of nitro benzene ring substituents is 1. The standard InChI is InChI=1S/C20H20N4O7/c1-2-31-20(28)13-9-12(10-14(11-13)24(29)30)18(26)23-16-6-4-3-5-15(16)19(27)22-8-7-17(21)25/h3-6,9-11H,2,7-8H2,1H3,(H2,21,25)(H,22,27)(H,23,26). The molecule has 0 radical (unpaired) electrons. The Bertz CT molecular complexity index is 1040. The Morgan fingerprint density at radius 1 is 1.06 bits per heavy atom. The summed E-state index contributed by atoms with van der Waals surface area (Å²) in [7, 11) is 0. The normalized spacial score (nSPS) is 10.1. The molecule has 0 bridgehead atoms. The van der Waals surface area contributed by atoms with Gasteiger partial charge in [0.2, 0.25) is 5.91 Å². The minimum absolute atomic E-state index is 0.0181. The average molecular weight is 428 g/mol. The van der Waals surface area contributed by atoms with E-state index >= 15 is 0 Å². The van der Waals surface area contributed by atoms with E-state index in [9.17, 15) is 29.3 Å². The molecule has 3 amide bonds. The highest BCUT2D eigenvalue weighted by Crippen LogP contribution is 2.21. The highest BCUT2D eigenvalue weighted by Gasteiger charge is 2.20. The molecule has 11 heteroatoms. The van der Waals surface area contributed by atoms with Crippen molar-refractivity contribution in [2.24, 2.45) is 5.73 Å². The second-order valence-corrected chi connectivity index (χ2v) is 6.22. The van der Waals surface area contributed by atoms with Crippen molar-refractivity contribution in [2.45, 2.75) is 13.3 Å². The summed E-state index contributed by atoms with van der Waals surface area (Å²) >= 11 is 0. The van der Waals surface area contributed by atoms with E-state index in [0.717, 1.165) is 18.2 Å². The van der Waals surface area contributed by atoms with Gasteiger partial charge in [-0.3, -0.25) is 24.5 Å². The molecule has 4 N–H and O–H groups in total. The van der Waals surface area contributed by atoms with Crippen LogP contribution in [0, 0.1) is 10.1 Å². The molecular weight excluding hydrogens is 408 g/mol. The fraction of sp³-hybridized carbons (Fsp3) is 0.200. The van der Waals surface area contributed by atoms with Crippen LogP contribution < -0.4 is 16.4 Å². The van der Waals surface area contributed by atoms with Crippen molar-refractivity contribution in [1.29, 1.82) is 0 Å². The average Bonchev–Trinajstić information content (AvgIpc) is 2.73. The molecule has 162 valence electrons. The van der Waals surface area contributed by atoms with Crippen molar-refractivity contribution < 1.29 is 28.8 Å². The number of primary amides is 1. The number of nitro groups is 1. The summed E-state index contributed by atoms with van der Waals surface area (Å²) in [6.07, 6.45) is -0.0510. The monoisotopic (exact) mass is 428 g/mol. The topological polar surface area (TPSA) is 171 Å². The van der Waals surface area contributed by atoms with E-state index in [2.05, 4.69) is 10.6 Å². The first-order valence-corrected chi connectivity index (χ1v) is 9.16. The van der Waals surface area contributed by atoms with Crippen LogP contribution >= 0.6 is 0 Å². The molecule has 0 saturated heterocycles. The van der Waals surface area contributed by atoms with E-state index in [0.29, 0.717) is 0 Å². The Morgan fingerprint density at radius 3 is 2.39 bits per heavy atom. The maximum atomic E-state index is 12.7. The SMILES string of the molecule is CCOC(=O)c1cc(C(=O)Nc2ccccc2C(=O)NCCC(N)=O)cc([N+](=O)[O-])c1. The van der Waals surface area contributed by atoms with Crippen molar-refractivity contribution in [3.63, 3.8) is 0 Å². The van der Waals surface area contributed by atoms with Crippen molar-refractivity contribution in [3.05, 3.63) is 69.3 Å². The van der Waals surface area contributed by atoms with Gasteiger partial charge in [0.05, 0.1) is 28.3 Å². The number of esters is 1. The number of anilines is 1. The highest BCUT2D eigenvalue weighted by atomic mass is 16.6. The summed E-state index contributed by atoms with van der Waals surface area (Å²) in [6.45, 7) is 1.65. The first-order chi connectivity index (χ1) is 14.7. The van der Waals surface area contributed by atoms with Crippen LogP contribution in [0.1, 0.15) is 44.4 Å². The van der Waals surface area contributed by atoms with Gasteiger partial charge in [0.15, 0.2) is 0 Å². The third kappa shape index (κ3) is 6.35. The van der Waals surface area contributed by atoms with E-state index in [4.69, 9.17) is 10.5 Å². The van der Waals surface area contributed by atoms with Gasteiger partial charge in [0.25, 0.3) is 17.5 Å². The highest BCUT2D eigenvalue weighted by molar-refractivity contribution is 6.10. The lowest BCUT2D eigenvalue weighted by Gasteiger charge is -2.12. The summed E-state index contributed by atoms with van der Waals surface area (Å²) < 4.78 is 4.84. The number of benzene rings is 2. The molecule has 0 heterocycles. The molecule has 2 aromatic carbocycles. The number of nitrogens with two attached hydrogens (primary N) is 1. The molecule has 0 unspecified atom stereocenters. The van der Waals surface area contributed by atoms with Crippen molar-refractivity contribution in [3.8, 4) is 0 Å². The number of nitrogens with zero attached hydrogens (tertiary/aromatic N) is 1. The minimum Gasteiger partial charge on any atom is -0.462 e. The molecule has 2 aromatic rings. The third-order valence-electron chi connectivity index (χ3n) is 3.98. The van der Waals surface area contributed by atoms with Crippen LogP contribution in [0.25, 0.3) is 0 Å². The number of rotatable bonds is 9. The molecule has 0 fully saturated rings. The van der Waals surface area contributed by atoms with Crippen molar-refractivity contribution >= 4 is 35.1 Å². The van der Waals surface area contributed by atoms with Gasteiger partial charge in [-0.1, -0.05) is 12.1 Å². The quantitative estimate of drug-likeness (QED) is 0.309. The van der Waals surface area contributed by atoms with Gasteiger partial charge < -0.3 is 21.1 Å². The van der Waals surface area contributed by atoms with Crippen LogP contribution in [0.15, 0.2) is 42.5 Å². The zero-order valence-electron chi connectivity index (χ0n) is 16.5. The van der Waals surface area contributed by atoms with Gasteiger partial charge in [0, 0.05) is 30.7 Å². The van der Waals surface area contributed by atoms with E-state index in [1.165, 1.54) is 12.1 Å². The van der Waals surface area contributed by atoms with Gasteiger partial charge >= 0.3 is 5.97 Å². The van der Waals surface area contributed by atoms with E-state index in [-0.39, 0.29) is 42.0 Å². The van der Waals surface area contributed by atoms with Crippen LogP contribution in [0.4, 0.5) is 11.4 Å². The van der Waals surface area contributed by atoms with Gasteiger partial charge in [-0.2, -0.15) is 0 Å². The van der Waals surface area contributed by atoms with E-state index < -0.39 is 34.3 Å². The Hall–Kier alpha value is -4.28. The van der Waals surface area contributed by atoms with Crippen molar-refractivity contribution in [2.75, 3.05) is 18.5 Å². The van der Waals surface area contributed by atoms with Crippen LogP contribution in [0.3, 0.4) is 0 Å². The molecule has 0 aliphatic rings. The molecule has 0 aliphatic carbocycles. The summed E-state index contributed by atoms with van der Waals surface area (Å²) in [5.74, 6) is -2.71. The number of hydrogen-bond acceptors (Lipinski definition) is 7. The fourth-order valence-electron chi connectivity index (χ4n) is 2.56. The molecule has 0 aromatic heterocycles. The molecule has 31 heavy (non-hydrogen) atoms. The second-order valence-electron chi connectivity index (χ2n) is 6.22. The summed E-state index contributed by atoms with van der Waals surface area (Å²) in [5, 5.41) is 16.2. The van der Waals surface area contributed by atoms with Crippen LogP contribution in [-0.2, 0) is 9.53 Å². The number of para-hydroxylation sites is 1. The van der Waals surface area contributed by atoms with Crippen molar-refractivity contribution in [1.82, 2.24) is 5.32 Å². The number of non-ortho nitro benzene ring substituents is 1. The lowest BCUT2D eigenvalue weighted by molar-refractivity contribution is -0.384. The minimum atomic E-state index is -0.811. The summed E-state index contributed by atoms with van der Waals surface area (Å²) in [4.78, 5) is 58.3. The first kappa shape index (κ1) is 23.0. The molecular formula is C20H20N4O7. The molecule has 0 atom stereocenters. The lowest BCUT2D eigenvalue weighted by atomic mass is 10.1. The summed E-state index contributed by atoms with van der Waals surface area (Å²) in [5.41, 5.74) is 4.49. The van der Waals surface area contributed by atoms with E-state index in [1.807, 2.05) is 0 Å². The lowest BCUT2D eigenvalue weighted by Crippen LogP contribution is -2.28. The number of carbonyl (C=O) groups excluding carboxylic acids is 4. The second kappa shape index (κ2) is 10.5. The van der Waals surface area contributed by atoms with Gasteiger partial charge in [-0.15, -0.1) is 0 Å². The molecule has 0 saturated carbocycles. The molecule has 0 spiro atoms. The van der Waals surface area contributed by atoms with Crippen LogP contribution in [0.5, 0.6) is 0 Å². The zero-order valence-corrected chi connectivity index (χ0v) is 16.5. The van der Waals surface area contributed by atoms with Gasteiger partial charge in [-0.05, 0) is 25.1 Å². The van der Waals surface area contributed by atoms with E-state index in [1.54, 1.807) is 19.1 Å². The molecule has 2 rings (SSSR count). The molecule has 0 aliphatic heterocycles. The first-order valence-electron chi connectivity index (χ1n) is 9.16. The number of amides is 3. The number of carbonyl (C=O) groups is 4. The van der Waals surface area contributed by atoms with Gasteiger partial charge in [0.1, 0.15) is 0 Å². The van der Waals surface area contributed by atoms with Crippen LogP contribution in [-0.4, -0.2) is 41.8 Å². The third-order valence-corrected chi connectivity index (χ3v) is 3.98. The Labute approximate surface area is 176 Å². The number of nitrogens with one attached hydrogen (secondary N) is 2. The smallest absolute Gasteiger partial charge is 0.338 e. The Morgan fingerprint density at radius 2 is 1.74 bits per heavy atom. The van der Waals surface area contributed by atoms with Crippen LogP contribution in [0.2, 0.25) is 0 Å². The zero-order chi connectivity index (χ0) is 23.0. The largest absolute Gasteiger partial charge is 0.462 e. The number of ether oxygens (including phenoxy) is 1.